The van der Waals surface area contributed by atoms with Crippen molar-refractivity contribution in [1.29, 1.82) is 0 Å². The molecule has 0 unspecified atom stereocenters. The van der Waals surface area contributed by atoms with Crippen LogP contribution in [0.4, 0.5) is 0 Å². The molecule has 1 N–H and O–H groups in total. The molecule has 1 aromatic carbocycles. The number of hydrogen-bond acceptors (Lipinski definition) is 1. The van der Waals surface area contributed by atoms with Crippen LogP contribution in [0.2, 0.25) is 0 Å². The quantitative estimate of drug-likeness (QED) is 0.686. The monoisotopic (exact) mass is 206 g/mol. The van der Waals surface area contributed by atoms with Crippen LogP contribution < -0.4 is 0 Å². The molecule has 2 aromatic rings. The van der Waals surface area contributed by atoms with E-state index in [2.05, 4.69) is 36.2 Å². The highest BCUT2D eigenvalue weighted by Crippen LogP contribution is 2.16. The van der Waals surface area contributed by atoms with Crippen LogP contribution in [0.1, 0.15) is 38.8 Å². The van der Waals surface area contributed by atoms with E-state index in [1.807, 2.05) is 33.9 Å². The highest BCUT2D eigenvalue weighted by Gasteiger charge is 1.98. The van der Waals surface area contributed by atoms with Crippen LogP contribution in [-0.2, 0) is 0 Å². The Morgan fingerprint density at radius 3 is 2.20 bits per heavy atom. The largest absolute Gasteiger partial charge is 0.278 e. The number of H-pyrrole nitrogens is 1. The summed E-state index contributed by atoms with van der Waals surface area (Å²) in [7, 11) is 0. The molecular weight excluding hydrogens is 184 g/mol. The van der Waals surface area contributed by atoms with Crippen LogP contribution in [0.25, 0.3) is 10.9 Å². The molecule has 0 atom stereocenters. The molecule has 2 heteroatoms. The Bertz CT molecular complexity index is 388. The Labute approximate surface area is 92.7 Å². The van der Waals surface area contributed by atoms with Gasteiger partial charge in [0.05, 0.1) is 11.7 Å². The lowest BCUT2D eigenvalue weighted by Gasteiger charge is -1.96. The van der Waals surface area contributed by atoms with Crippen molar-refractivity contribution < 1.29 is 0 Å². The number of aromatic nitrogens is 2. The van der Waals surface area contributed by atoms with Gasteiger partial charge >= 0.3 is 0 Å². The van der Waals surface area contributed by atoms with Crippen molar-refractivity contribution in [1.82, 2.24) is 10.2 Å². The van der Waals surface area contributed by atoms with Gasteiger partial charge in [-0.05, 0) is 25.5 Å². The van der Waals surface area contributed by atoms with E-state index in [4.69, 9.17) is 0 Å². The molecule has 0 spiro atoms. The molecule has 0 aliphatic heterocycles. The van der Waals surface area contributed by atoms with Gasteiger partial charge in [-0.2, -0.15) is 5.10 Å². The second-order valence-electron chi connectivity index (χ2n) is 2.92. The third-order valence-electron chi connectivity index (χ3n) is 1.89. The fraction of sp³-hybridized carbons (Fsp3) is 0.462. The average molecular weight is 206 g/mol. The molecule has 0 saturated carbocycles. The highest BCUT2D eigenvalue weighted by atomic mass is 15.1. The Kier molecular flexibility index (Phi) is 6.43. The molecule has 84 valence electrons. The summed E-state index contributed by atoms with van der Waals surface area (Å²) in [6.45, 7) is 12.2. The van der Waals surface area contributed by atoms with Crippen molar-refractivity contribution in [2.45, 2.75) is 41.5 Å². The van der Waals surface area contributed by atoms with Crippen LogP contribution in [0.3, 0.4) is 0 Å². The van der Waals surface area contributed by atoms with Crippen LogP contribution in [0.5, 0.6) is 0 Å². The number of aryl methyl sites for hydroxylation is 2. The van der Waals surface area contributed by atoms with Crippen LogP contribution in [0.15, 0.2) is 18.3 Å². The minimum absolute atomic E-state index is 1.15. The van der Waals surface area contributed by atoms with Gasteiger partial charge in [0.2, 0.25) is 0 Å². The molecule has 0 saturated heterocycles. The molecule has 15 heavy (non-hydrogen) atoms. The minimum Gasteiger partial charge on any atom is -0.278 e. The first kappa shape index (κ1) is 13.7. The topological polar surface area (TPSA) is 28.7 Å². The van der Waals surface area contributed by atoms with E-state index in [1.165, 1.54) is 16.5 Å². The molecule has 1 aromatic heterocycles. The van der Waals surface area contributed by atoms with Gasteiger partial charge in [-0.15, -0.1) is 0 Å². The molecule has 0 aliphatic rings. The zero-order valence-corrected chi connectivity index (χ0v) is 10.7. The Balaban J connectivity index is 0.000000442. The first-order valence-electron chi connectivity index (χ1n) is 5.68. The number of aromatic amines is 1. The van der Waals surface area contributed by atoms with E-state index < -0.39 is 0 Å². The molecule has 2 rings (SSSR count). The second kappa shape index (κ2) is 7.04. The molecule has 1 heterocycles. The van der Waals surface area contributed by atoms with E-state index in [-0.39, 0.29) is 0 Å². The maximum Gasteiger partial charge on any atom is 0.0679 e. The standard InChI is InChI=1S/C9H10N2.2C2H6/c1-6-3-7(2)9-8(4-6)5-10-11-9;2*1-2/h3-5H,1-2H3,(H,10,11);2*1-2H3. The van der Waals surface area contributed by atoms with Crippen molar-refractivity contribution in [3.63, 3.8) is 0 Å². The van der Waals surface area contributed by atoms with Gasteiger partial charge in [0, 0.05) is 5.39 Å². The van der Waals surface area contributed by atoms with Crippen molar-refractivity contribution in [2.75, 3.05) is 0 Å². The maximum absolute atomic E-state index is 3.98. The maximum atomic E-state index is 3.98. The number of rotatable bonds is 0. The first-order valence-corrected chi connectivity index (χ1v) is 5.68. The van der Waals surface area contributed by atoms with Gasteiger partial charge in [-0.3, -0.25) is 5.10 Å². The van der Waals surface area contributed by atoms with Crippen LogP contribution in [0, 0.1) is 13.8 Å². The zero-order chi connectivity index (χ0) is 11.8. The normalized spacial score (nSPS) is 8.67. The Hall–Kier alpha value is -1.31. The van der Waals surface area contributed by atoms with Gasteiger partial charge in [-0.25, -0.2) is 0 Å². The summed E-state index contributed by atoms with van der Waals surface area (Å²) >= 11 is 0. The number of nitrogens with one attached hydrogen (secondary N) is 1. The predicted octanol–water partition coefficient (Wildman–Crippen LogP) is 4.23. The minimum atomic E-state index is 1.15. The molecule has 0 radical (unpaired) electrons. The fourth-order valence-corrected chi connectivity index (χ4v) is 1.42. The lowest BCUT2D eigenvalue weighted by atomic mass is 10.1. The summed E-state index contributed by atoms with van der Waals surface area (Å²) in [6.07, 6.45) is 1.86. The zero-order valence-electron chi connectivity index (χ0n) is 10.7. The predicted molar refractivity (Wildman–Crippen MR) is 68.3 cm³/mol. The first-order chi connectivity index (χ1) is 7.27. The summed E-state index contributed by atoms with van der Waals surface area (Å²) in [5.74, 6) is 0. The third kappa shape index (κ3) is 3.39. The van der Waals surface area contributed by atoms with E-state index >= 15 is 0 Å². The number of hydrogen-bond donors (Lipinski definition) is 1. The van der Waals surface area contributed by atoms with Crippen LogP contribution in [-0.4, -0.2) is 10.2 Å². The summed E-state index contributed by atoms with van der Waals surface area (Å²) in [6, 6.07) is 4.28. The summed E-state index contributed by atoms with van der Waals surface area (Å²) in [4.78, 5) is 0. The van der Waals surface area contributed by atoms with E-state index in [0.717, 1.165) is 5.52 Å². The average Bonchev–Trinajstić information content (AvgIpc) is 2.72. The van der Waals surface area contributed by atoms with E-state index in [9.17, 15) is 0 Å². The molecule has 0 aliphatic carbocycles. The molecule has 0 amide bonds. The summed E-state index contributed by atoms with van der Waals surface area (Å²) in [5.41, 5.74) is 3.70. The summed E-state index contributed by atoms with van der Waals surface area (Å²) in [5, 5.41) is 8.14. The number of fused-ring (bicyclic) bond motifs is 1. The van der Waals surface area contributed by atoms with E-state index in [0.29, 0.717) is 0 Å². The van der Waals surface area contributed by atoms with Crippen molar-refractivity contribution in [3.05, 3.63) is 29.5 Å². The summed E-state index contributed by atoms with van der Waals surface area (Å²) < 4.78 is 0. The van der Waals surface area contributed by atoms with Crippen LogP contribution >= 0.6 is 0 Å². The van der Waals surface area contributed by atoms with Crippen molar-refractivity contribution in [3.8, 4) is 0 Å². The van der Waals surface area contributed by atoms with Crippen molar-refractivity contribution >= 4 is 10.9 Å². The third-order valence-corrected chi connectivity index (χ3v) is 1.89. The van der Waals surface area contributed by atoms with Crippen molar-refractivity contribution in [2.24, 2.45) is 0 Å². The lowest BCUT2D eigenvalue weighted by molar-refractivity contribution is 1.11. The van der Waals surface area contributed by atoms with E-state index in [1.54, 1.807) is 0 Å². The molecule has 0 fully saturated rings. The molecule has 2 nitrogen and oxygen atoms in total. The molecular formula is C13H22N2. The van der Waals surface area contributed by atoms with Gasteiger partial charge in [0.25, 0.3) is 0 Å². The van der Waals surface area contributed by atoms with Gasteiger partial charge < -0.3 is 0 Å². The second-order valence-corrected chi connectivity index (χ2v) is 2.92. The number of benzene rings is 1. The van der Waals surface area contributed by atoms with Gasteiger partial charge in [-0.1, -0.05) is 39.3 Å². The molecule has 0 bridgehead atoms. The smallest absolute Gasteiger partial charge is 0.0679 e. The highest BCUT2D eigenvalue weighted by molar-refractivity contribution is 5.81. The Morgan fingerprint density at radius 2 is 1.60 bits per heavy atom. The SMILES string of the molecule is CC.CC.Cc1cc(C)c2[nH]ncc2c1. The van der Waals surface area contributed by atoms with Gasteiger partial charge in [0.1, 0.15) is 0 Å². The Morgan fingerprint density at radius 1 is 1.00 bits per heavy atom. The van der Waals surface area contributed by atoms with Gasteiger partial charge in [0.15, 0.2) is 0 Å². The number of nitrogens with zero attached hydrogens (tertiary/aromatic N) is 1. The fourth-order valence-electron chi connectivity index (χ4n) is 1.42. The lowest BCUT2D eigenvalue weighted by Crippen LogP contribution is -1.78.